The maximum atomic E-state index is 13.5. The second-order valence-corrected chi connectivity index (χ2v) is 23.9. The summed E-state index contributed by atoms with van der Waals surface area (Å²) in [5, 5.41) is 57.2. The molecule has 6 N–H and O–H groups in total. The zero-order valence-electron chi connectivity index (χ0n) is 54.0. The molecule has 0 spiro atoms. The van der Waals surface area contributed by atoms with Gasteiger partial charge in [0.15, 0.2) is 12.4 Å². The average Bonchev–Trinajstić information content (AvgIpc) is 3.54. The fraction of sp³-hybridized carbons (Fsp3) is 0.781. The smallest absolute Gasteiger partial charge is 0.306 e. The Kier molecular flexibility index (Phi) is 56.5. The lowest BCUT2D eigenvalue weighted by atomic mass is 9.99. The van der Waals surface area contributed by atoms with Crippen LogP contribution in [0.3, 0.4) is 0 Å². The van der Waals surface area contributed by atoms with Crippen LogP contribution in [0.5, 0.6) is 0 Å². The molecule has 1 amide bonds. The molecule has 0 aromatic rings. The van der Waals surface area contributed by atoms with E-state index in [9.17, 15) is 35.1 Å². The molecule has 1 saturated heterocycles. The van der Waals surface area contributed by atoms with Gasteiger partial charge in [-0.1, -0.05) is 286 Å². The Hall–Kier alpha value is -3.16. The van der Waals surface area contributed by atoms with E-state index in [0.717, 1.165) is 96.3 Å². The lowest BCUT2D eigenvalue weighted by Crippen LogP contribution is -2.61. The second kappa shape index (κ2) is 60.1. The van der Waals surface area contributed by atoms with Crippen molar-refractivity contribution in [3.63, 3.8) is 0 Å². The Morgan fingerprint density at radius 1 is 0.476 bits per heavy atom. The van der Waals surface area contributed by atoms with Gasteiger partial charge >= 0.3 is 5.97 Å². The number of rotatable bonds is 59. The van der Waals surface area contributed by atoms with Crippen LogP contribution >= 0.6 is 0 Å². The molecule has 0 bridgehead atoms. The molecule has 1 rings (SSSR count). The van der Waals surface area contributed by atoms with Crippen LogP contribution in [0.15, 0.2) is 85.1 Å². The summed E-state index contributed by atoms with van der Waals surface area (Å²) >= 11 is 0. The van der Waals surface area contributed by atoms with Crippen molar-refractivity contribution in [3.05, 3.63) is 85.1 Å². The van der Waals surface area contributed by atoms with Crippen molar-refractivity contribution in [2.24, 2.45) is 0 Å². The number of esters is 1. The van der Waals surface area contributed by atoms with Crippen molar-refractivity contribution in [2.45, 2.75) is 352 Å². The Morgan fingerprint density at radius 3 is 1.30 bits per heavy atom. The van der Waals surface area contributed by atoms with Crippen LogP contribution in [0.25, 0.3) is 0 Å². The number of ether oxygens (including phenoxy) is 3. The number of hydrogen-bond donors (Lipinski definition) is 6. The van der Waals surface area contributed by atoms with Gasteiger partial charge in [-0.2, -0.15) is 0 Å². The summed E-state index contributed by atoms with van der Waals surface area (Å²) < 4.78 is 17.7. The number of nitrogens with one attached hydrogen (secondary N) is 1. The molecule has 1 aliphatic rings. The average molecular weight is 1180 g/mol. The summed E-state index contributed by atoms with van der Waals surface area (Å²) in [5.74, 6) is -1.20. The molecule has 1 fully saturated rings. The molecule has 11 nitrogen and oxygen atoms in total. The van der Waals surface area contributed by atoms with E-state index in [1.165, 1.54) is 161 Å². The number of unbranched alkanes of at least 4 members (excludes halogenated alkanes) is 33. The summed E-state index contributed by atoms with van der Waals surface area (Å²) in [4.78, 5) is 26.7. The highest BCUT2D eigenvalue weighted by molar-refractivity contribution is 5.80. The fourth-order valence-electron chi connectivity index (χ4n) is 10.6. The Morgan fingerprint density at radius 2 is 0.857 bits per heavy atom. The number of allylic oxidation sites excluding steroid dienone is 13. The number of carbonyl (C=O) groups is 2. The predicted molar refractivity (Wildman–Crippen MR) is 352 cm³/mol. The molecule has 0 aromatic heterocycles. The lowest BCUT2D eigenvalue weighted by molar-refractivity contribution is -0.305. The van der Waals surface area contributed by atoms with E-state index in [2.05, 4.69) is 99.0 Å². The van der Waals surface area contributed by atoms with Crippen molar-refractivity contribution in [1.29, 1.82) is 0 Å². The van der Waals surface area contributed by atoms with Crippen LogP contribution in [0.1, 0.15) is 303 Å². The molecule has 486 valence electrons. The zero-order valence-corrected chi connectivity index (χ0v) is 54.0. The highest BCUT2D eigenvalue weighted by atomic mass is 16.7. The maximum Gasteiger partial charge on any atom is 0.306 e. The number of aliphatic hydroxyl groups excluding tert-OH is 5. The molecule has 84 heavy (non-hydrogen) atoms. The number of aliphatic hydroxyl groups is 5. The van der Waals surface area contributed by atoms with Gasteiger partial charge in [0.05, 0.1) is 25.4 Å². The highest BCUT2D eigenvalue weighted by Crippen LogP contribution is 2.26. The fourth-order valence-corrected chi connectivity index (χ4v) is 10.6. The third kappa shape index (κ3) is 47.0. The topological polar surface area (TPSA) is 175 Å². The predicted octanol–water partition coefficient (Wildman–Crippen LogP) is 17.7. The van der Waals surface area contributed by atoms with Crippen molar-refractivity contribution < 1.29 is 49.3 Å². The van der Waals surface area contributed by atoms with Crippen LogP contribution < -0.4 is 5.32 Å². The van der Waals surface area contributed by atoms with E-state index in [-0.39, 0.29) is 19.4 Å². The molecule has 0 aromatic carbocycles. The van der Waals surface area contributed by atoms with Gasteiger partial charge in [0.25, 0.3) is 0 Å². The van der Waals surface area contributed by atoms with Gasteiger partial charge in [0, 0.05) is 6.42 Å². The van der Waals surface area contributed by atoms with E-state index >= 15 is 0 Å². The van der Waals surface area contributed by atoms with Crippen LogP contribution in [0, 0.1) is 0 Å². The molecule has 11 heteroatoms. The third-order valence-corrected chi connectivity index (χ3v) is 16.0. The van der Waals surface area contributed by atoms with Gasteiger partial charge in [0.2, 0.25) is 5.91 Å². The molecule has 0 saturated carbocycles. The van der Waals surface area contributed by atoms with E-state index in [1.807, 2.05) is 6.08 Å². The zero-order chi connectivity index (χ0) is 61.0. The summed E-state index contributed by atoms with van der Waals surface area (Å²) in [5.41, 5.74) is 0. The monoisotopic (exact) mass is 1180 g/mol. The Labute approximate surface area is 514 Å². The Balaban J connectivity index is 2.60. The SMILES string of the molecule is CC/C=C\C/C=C\C/C=C\C/C=C\C/C=C\CCCCCCCCCCC(O)C(=O)NC(COC1OC(CO)C(O)C(O)C1OC(=O)CCCCCCCCCCC/C=C/CCCCCCCC)C(O)/C=C/CCCCCCCCCCCC. The summed E-state index contributed by atoms with van der Waals surface area (Å²) in [7, 11) is 0. The van der Waals surface area contributed by atoms with Gasteiger partial charge < -0.3 is 45.1 Å². The molecule has 1 heterocycles. The first kappa shape index (κ1) is 78.9. The minimum absolute atomic E-state index is 0.119. The van der Waals surface area contributed by atoms with Crippen molar-refractivity contribution in [3.8, 4) is 0 Å². The van der Waals surface area contributed by atoms with E-state index in [4.69, 9.17) is 14.2 Å². The first-order valence-corrected chi connectivity index (χ1v) is 34.9. The van der Waals surface area contributed by atoms with Crippen molar-refractivity contribution in [1.82, 2.24) is 5.32 Å². The number of carbonyl (C=O) groups excluding carboxylic acids is 2. The summed E-state index contributed by atoms with van der Waals surface area (Å²) in [6.45, 7) is 5.69. The molecule has 0 aliphatic carbocycles. The number of amides is 1. The van der Waals surface area contributed by atoms with Gasteiger partial charge in [-0.05, 0) is 96.3 Å². The molecular weight excluding hydrogens is 1050 g/mol. The first-order chi connectivity index (χ1) is 41.2. The summed E-state index contributed by atoms with van der Waals surface area (Å²) in [6.07, 6.45) is 69.0. The quantitative estimate of drug-likeness (QED) is 0.0195. The maximum absolute atomic E-state index is 13.5. The van der Waals surface area contributed by atoms with Gasteiger partial charge in [0.1, 0.15) is 24.4 Å². The van der Waals surface area contributed by atoms with Crippen molar-refractivity contribution >= 4 is 11.9 Å². The summed E-state index contributed by atoms with van der Waals surface area (Å²) in [6, 6.07) is -1.03. The van der Waals surface area contributed by atoms with Crippen molar-refractivity contribution in [2.75, 3.05) is 13.2 Å². The first-order valence-electron chi connectivity index (χ1n) is 34.9. The van der Waals surface area contributed by atoms with E-state index < -0.39 is 67.4 Å². The molecular formula is C73H129NO10. The van der Waals surface area contributed by atoms with E-state index in [1.54, 1.807) is 6.08 Å². The molecule has 8 atom stereocenters. The lowest BCUT2D eigenvalue weighted by Gasteiger charge is -2.41. The molecule has 8 unspecified atom stereocenters. The second-order valence-electron chi connectivity index (χ2n) is 23.9. The van der Waals surface area contributed by atoms with Crippen LogP contribution in [0.2, 0.25) is 0 Å². The highest BCUT2D eigenvalue weighted by Gasteiger charge is 2.47. The molecule has 0 radical (unpaired) electrons. The third-order valence-electron chi connectivity index (χ3n) is 16.0. The van der Waals surface area contributed by atoms with Gasteiger partial charge in [-0.3, -0.25) is 9.59 Å². The number of hydrogen-bond acceptors (Lipinski definition) is 10. The van der Waals surface area contributed by atoms with Gasteiger partial charge in [-0.15, -0.1) is 0 Å². The largest absolute Gasteiger partial charge is 0.454 e. The standard InChI is InChI=1S/C73H129NO10/c1-4-7-10-13-16-19-22-25-27-29-31-32-33-34-35-37-38-40-42-45-48-51-54-57-60-66(77)72(81)74-64(65(76)59-56-53-50-47-44-24-21-18-15-12-9-6-3)63-82-73-71(70(80)69(79)67(62-75)83-73)84-68(78)61-58-55-52-49-46-43-41-39-36-30-28-26-23-20-17-14-11-8-5-2/h7,10,16,19,25-28,31-32,34-35,56,59,64-67,69-71,73,75-77,79-80H,4-6,8-9,11-15,17-18,20-24,29-30,33,36-55,57-58,60-63H2,1-3H3,(H,74,81)/b10-7-,19-16-,27-25-,28-26+,32-31-,35-34-,59-56+. The van der Waals surface area contributed by atoms with Gasteiger partial charge in [-0.25, -0.2) is 0 Å². The Bertz CT molecular complexity index is 1690. The minimum atomic E-state index is -1.62. The normalized spacial score (nSPS) is 19.0. The van der Waals surface area contributed by atoms with Crippen LogP contribution in [0.4, 0.5) is 0 Å². The molecule has 1 aliphatic heterocycles. The van der Waals surface area contributed by atoms with Crippen LogP contribution in [-0.2, 0) is 23.8 Å². The van der Waals surface area contributed by atoms with E-state index in [0.29, 0.717) is 12.8 Å². The van der Waals surface area contributed by atoms with Crippen LogP contribution in [-0.4, -0.2) is 99.6 Å². The minimum Gasteiger partial charge on any atom is -0.454 e.